The van der Waals surface area contributed by atoms with Gasteiger partial charge in [-0.2, -0.15) is 13.2 Å². The molecule has 196 valence electrons. The molecule has 0 radical (unpaired) electrons. The van der Waals surface area contributed by atoms with Crippen LogP contribution in [0.3, 0.4) is 0 Å². The quantitative estimate of drug-likeness (QED) is 0.503. The Morgan fingerprint density at radius 1 is 1.05 bits per heavy atom. The molecule has 0 unspecified atom stereocenters. The largest absolute Gasteiger partial charge is 0.530 e. The third-order valence-corrected chi connectivity index (χ3v) is 5.95. The Morgan fingerprint density at radius 3 is 2.34 bits per heavy atom. The maximum atomic E-state index is 13.6. The molecule has 3 aromatic rings. The SMILES string of the molecule is Cc1ccc(C#Cc2nc(Nc3ccc(N4CCN(C(=O)[O-])CC4)cc3)ncc2C(F)(F)F)cc1C(N)=O. The van der Waals surface area contributed by atoms with Crippen molar-refractivity contribution in [3.05, 3.63) is 76.6 Å². The molecule has 2 amide bonds. The summed E-state index contributed by atoms with van der Waals surface area (Å²) in [4.78, 5) is 33.6. The number of halogens is 3. The lowest BCUT2D eigenvalue weighted by Crippen LogP contribution is -2.52. The average molecular weight is 523 g/mol. The molecule has 1 aliphatic heterocycles. The number of amides is 2. The molecule has 0 aliphatic carbocycles. The van der Waals surface area contributed by atoms with Crippen LogP contribution in [0.1, 0.15) is 32.7 Å². The van der Waals surface area contributed by atoms with E-state index in [-0.39, 0.29) is 11.5 Å². The molecule has 1 aliphatic rings. The zero-order valence-corrected chi connectivity index (χ0v) is 20.2. The minimum absolute atomic E-state index is 0.0839. The summed E-state index contributed by atoms with van der Waals surface area (Å²) in [6, 6.07) is 11.6. The highest BCUT2D eigenvalue weighted by Crippen LogP contribution is 2.31. The fourth-order valence-electron chi connectivity index (χ4n) is 3.87. The van der Waals surface area contributed by atoms with Crippen molar-refractivity contribution in [2.24, 2.45) is 5.73 Å². The van der Waals surface area contributed by atoms with Crippen LogP contribution >= 0.6 is 0 Å². The number of benzene rings is 2. The fraction of sp³-hybridized carbons (Fsp3) is 0.231. The van der Waals surface area contributed by atoms with Gasteiger partial charge in [-0.1, -0.05) is 12.0 Å². The Kier molecular flexibility index (Phi) is 7.38. The molecule has 1 saturated heterocycles. The number of carbonyl (C=O) groups excluding carboxylic acids is 2. The van der Waals surface area contributed by atoms with Gasteiger partial charge in [0.05, 0.1) is 0 Å². The normalized spacial score (nSPS) is 13.5. The van der Waals surface area contributed by atoms with Crippen LogP contribution in [0.4, 0.5) is 35.3 Å². The van der Waals surface area contributed by atoms with Gasteiger partial charge in [0.1, 0.15) is 17.4 Å². The fourth-order valence-corrected chi connectivity index (χ4v) is 3.87. The second-order valence-corrected chi connectivity index (χ2v) is 8.51. The van der Waals surface area contributed by atoms with Crippen molar-refractivity contribution in [1.82, 2.24) is 14.9 Å². The van der Waals surface area contributed by atoms with Gasteiger partial charge in [0.2, 0.25) is 11.9 Å². The number of piperazine rings is 1. The van der Waals surface area contributed by atoms with Crippen molar-refractivity contribution < 1.29 is 27.9 Å². The summed E-state index contributed by atoms with van der Waals surface area (Å²) >= 11 is 0. The maximum Gasteiger partial charge on any atom is 0.420 e. The van der Waals surface area contributed by atoms with E-state index in [1.165, 1.54) is 11.0 Å². The van der Waals surface area contributed by atoms with Gasteiger partial charge in [0, 0.05) is 54.9 Å². The number of primary amides is 1. The molecular formula is C26H22F3N6O3-. The first-order valence-electron chi connectivity index (χ1n) is 11.5. The number of aryl methyl sites for hydroxylation is 1. The summed E-state index contributed by atoms with van der Waals surface area (Å²) < 4.78 is 40.7. The lowest BCUT2D eigenvalue weighted by molar-refractivity contribution is -0.265. The predicted molar refractivity (Wildman–Crippen MR) is 132 cm³/mol. The number of nitrogens with one attached hydrogen (secondary N) is 1. The molecule has 2 aromatic carbocycles. The van der Waals surface area contributed by atoms with E-state index in [1.807, 2.05) is 4.90 Å². The smallest absolute Gasteiger partial charge is 0.420 e. The van der Waals surface area contributed by atoms with Crippen molar-refractivity contribution in [3.8, 4) is 11.8 Å². The number of hydrogen-bond acceptors (Lipinski definition) is 7. The summed E-state index contributed by atoms with van der Waals surface area (Å²) in [5.41, 5.74) is 6.27. The third-order valence-electron chi connectivity index (χ3n) is 5.95. The first-order valence-corrected chi connectivity index (χ1v) is 11.5. The second-order valence-electron chi connectivity index (χ2n) is 8.51. The lowest BCUT2D eigenvalue weighted by atomic mass is 10.0. The zero-order chi connectivity index (χ0) is 27.4. The minimum atomic E-state index is -4.73. The molecule has 0 saturated carbocycles. The van der Waals surface area contributed by atoms with Crippen LogP contribution in [0, 0.1) is 18.8 Å². The van der Waals surface area contributed by atoms with Crippen molar-refractivity contribution in [2.45, 2.75) is 13.1 Å². The Morgan fingerprint density at radius 2 is 1.74 bits per heavy atom. The summed E-state index contributed by atoms with van der Waals surface area (Å²) in [7, 11) is 0. The number of nitrogens with zero attached hydrogens (tertiary/aromatic N) is 4. The summed E-state index contributed by atoms with van der Waals surface area (Å²) in [5, 5.41) is 13.8. The highest BCUT2D eigenvalue weighted by atomic mass is 19.4. The number of anilines is 3. The zero-order valence-electron chi connectivity index (χ0n) is 20.2. The number of aromatic nitrogens is 2. The third kappa shape index (κ3) is 6.12. The molecule has 38 heavy (non-hydrogen) atoms. The Bertz CT molecular complexity index is 1420. The van der Waals surface area contributed by atoms with Gasteiger partial charge in [0.25, 0.3) is 0 Å². The molecule has 0 bridgehead atoms. The van der Waals surface area contributed by atoms with E-state index in [0.29, 0.717) is 49.2 Å². The van der Waals surface area contributed by atoms with Crippen LogP contribution in [0.25, 0.3) is 0 Å². The average Bonchev–Trinajstić information content (AvgIpc) is 2.88. The first-order chi connectivity index (χ1) is 18.0. The van der Waals surface area contributed by atoms with E-state index in [0.717, 1.165) is 5.69 Å². The van der Waals surface area contributed by atoms with E-state index < -0.39 is 29.4 Å². The molecule has 12 heteroatoms. The van der Waals surface area contributed by atoms with Gasteiger partial charge in [0.15, 0.2) is 0 Å². The van der Waals surface area contributed by atoms with E-state index in [2.05, 4.69) is 27.1 Å². The summed E-state index contributed by atoms with van der Waals surface area (Å²) in [5.74, 6) is 4.31. The number of hydrogen-bond donors (Lipinski definition) is 2. The monoisotopic (exact) mass is 523 g/mol. The minimum Gasteiger partial charge on any atom is -0.530 e. The highest BCUT2D eigenvalue weighted by molar-refractivity contribution is 5.94. The van der Waals surface area contributed by atoms with Gasteiger partial charge in [-0.05, 0) is 54.8 Å². The van der Waals surface area contributed by atoms with E-state index in [9.17, 15) is 27.9 Å². The predicted octanol–water partition coefficient (Wildman–Crippen LogP) is 2.51. The molecule has 1 aromatic heterocycles. The van der Waals surface area contributed by atoms with Crippen molar-refractivity contribution in [2.75, 3.05) is 36.4 Å². The maximum absolute atomic E-state index is 13.6. The van der Waals surface area contributed by atoms with Crippen LogP contribution in [0.2, 0.25) is 0 Å². The van der Waals surface area contributed by atoms with Gasteiger partial charge < -0.3 is 30.8 Å². The van der Waals surface area contributed by atoms with Gasteiger partial charge >= 0.3 is 6.18 Å². The summed E-state index contributed by atoms with van der Waals surface area (Å²) in [6.45, 7) is 3.36. The Labute approximate surface area is 216 Å². The van der Waals surface area contributed by atoms with Crippen LogP contribution < -0.4 is 21.1 Å². The molecule has 1 fully saturated rings. The molecular weight excluding hydrogens is 501 g/mol. The molecule has 0 spiro atoms. The Balaban J connectivity index is 1.54. The number of alkyl halides is 3. The second kappa shape index (κ2) is 10.7. The van der Waals surface area contributed by atoms with Crippen LogP contribution in [-0.4, -0.2) is 53.0 Å². The first kappa shape index (κ1) is 26.3. The van der Waals surface area contributed by atoms with Gasteiger partial charge in [-0.25, -0.2) is 9.97 Å². The van der Waals surface area contributed by atoms with Crippen molar-refractivity contribution >= 4 is 29.3 Å². The highest BCUT2D eigenvalue weighted by Gasteiger charge is 2.34. The van der Waals surface area contributed by atoms with Gasteiger partial charge in [-0.15, -0.1) is 0 Å². The van der Waals surface area contributed by atoms with Crippen LogP contribution in [-0.2, 0) is 6.18 Å². The van der Waals surface area contributed by atoms with Crippen molar-refractivity contribution in [3.63, 3.8) is 0 Å². The molecule has 4 rings (SSSR count). The molecule has 3 N–H and O–H groups in total. The number of nitrogens with two attached hydrogens (primary N) is 1. The molecule has 0 atom stereocenters. The Hall–Kier alpha value is -4.79. The van der Waals surface area contributed by atoms with E-state index in [1.54, 1.807) is 43.3 Å². The van der Waals surface area contributed by atoms with E-state index >= 15 is 0 Å². The van der Waals surface area contributed by atoms with Crippen LogP contribution in [0.5, 0.6) is 0 Å². The van der Waals surface area contributed by atoms with Crippen LogP contribution in [0.15, 0.2) is 48.7 Å². The van der Waals surface area contributed by atoms with E-state index in [4.69, 9.17) is 5.73 Å². The molecule has 9 nitrogen and oxygen atoms in total. The van der Waals surface area contributed by atoms with Gasteiger partial charge in [-0.3, -0.25) is 4.79 Å². The standard InChI is InChI=1S/C26H23F3N6O3/c1-16-2-3-17(14-20(16)23(30)36)4-9-22-21(26(27,28)29)15-31-24(33-22)32-18-5-7-19(8-6-18)34-10-12-35(13-11-34)25(37)38/h2-3,5-8,14-15H,10-13H2,1H3,(H2,30,36)(H,37,38)(H,31,32,33)/p-1. The topological polar surface area (TPSA) is 128 Å². The lowest BCUT2D eigenvalue weighted by Gasteiger charge is -2.37. The number of carboxylic acid groups (broad SMARTS) is 1. The number of carbonyl (C=O) groups is 2. The van der Waals surface area contributed by atoms with Crippen molar-refractivity contribution in [1.29, 1.82) is 0 Å². The summed E-state index contributed by atoms with van der Waals surface area (Å²) in [6.07, 6.45) is -5.26. The molecule has 2 heterocycles. The number of rotatable bonds is 4.